The second-order valence-electron chi connectivity index (χ2n) is 5.64. The lowest BCUT2D eigenvalue weighted by Gasteiger charge is -2.31. The Balaban J connectivity index is 1.65. The van der Waals surface area contributed by atoms with Gasteiger partial charge in [-0.2, -0.15) is 0 Å². The Morgan fingerprint density at radius 1 is 1.25 bits per heavy atom. The lowest BCUT2D eigenvalue weighted by Crippen LogP contribution is -2.38. The molecule has 20 heavy (non-hydrogen) atoms. The number of likely N-dealkylation sites (tertiary alicyclic amines) is 1. The average molecular weight is 307 g/mol. The molecule has 3 rings (SSSR count). The van der Waals surface area contributed by atoms with Crippen LogP contribution in [0.25, 0.3) is 0 Å². The highest BCUT2D eigenvalue weighted by Gasteiger charge is 2.21. The highest BCUT2D eigenvalue weighted by molar-refractivity contribution is 7.11. The Labute approximate surface area is 129 Å². The zero-order valence-electron chi connectivity index (χ0n) is 11.9. The van der Waals surface area contributed by atoms with Crippen molar-refractivity contribution in [2.24, 2.45) is 5.92 Å². The molecular formula is C16H22N2S2. The van der Waals surface area contributed by atoms with Crippen LogP contribution in [0.3, 0.4) is 0 Å². The fourth-order valence-electron chi connectivity index (χ4n) is 2.98. The third kappa shape index (κ3) is 3.50. The van der Waals surface area contributed by atoms with E-state index in [9.17, 15) is 0 Å². The number of nitrogens with zero attached hydrogens (tertiary/aromatic N) is 1. The molecule has 1 fully saturated rings. The SMILES string of the molecule is CN1CCCC(CNC(c2cccs2)c2cccs2)C1. The average Bonchev–Trinajstić information content (AvgIpc) is 3.12. The maximum absolute atomic E-state index is 3.81. The molecule has 1 N–H and O–H groups in total. The first kappa shape index (κ1) is 14.3. The van der Waals surface area contributed by atoms with E-state index in [4.69, 9.17) is 0 Å². The summed E-state index contributed by atoms with van der Waals surface area (Å²) in [5.41, 5.74) is 0. The third-order valence-corrected chi connectivity index (χ3v) is 5.86. The molecule has 1 unspecified atom stereocenters. The van der Waals surface area contributed by atoms with Crippen molar-refractivity contribution >= 4 is 22.7 Å². The van der Waals surface area contributed by atoms with Crippen LogP contribution in [0.1, 0.15) is 28.6 Å². The minimum Gasteiger partial charge on any atom is -0.306 e. The number of hydrogen-bond acceptors (Lipinski definition) is 4. The molecule has 1 atom stereocenters. The van der Waals surface area contributed by atoms with Crippen molar-refractivity contribution in [3.05, 3.63) is 44.8 Å². The summed E-state index contributed by atoms with van der Waals surface area (Å²) in [6, 6.07) is 9.17. The molecule has 1 aliphatic rings. The van der Waals surface area contributed by atoms with Crippen molar-refractivity contribution in [3.63, 3.8) is 0 Å². The number of nitrogens with one attached hydrogen (secondary N) is 1. The Hall–Kier alpha value is -0.680. The van der Waals surface area contributed by atoms with Crippen LogP contribution in [-0.4, -0.2) is 31.6 Å². The Bertz CT molecular complexity index is 458. The molecule has 1 aliphatic heterocycles. The Kier molecular flexibility index (Phi) is 4.89. The van der Waals surface area contributed by atoms with Crippen LogP contribution in [0.2, 0.25) is 0 Å². The van der Waals surface area contributed by atoms with E-state index in [0.717, 1.165) is 12.5 Å². The monoisotopic (exact) mass is 306 g/mol. The van der Waals surface area contributed by atoms with Crippen LogP contribution >= 0.6 is 22.7 Å². The van der Waals surface area contributed by atoms with Gasteiger partial charge in [-0.05, 0) is 55.2 Å². The standard InChI is InChI=1S/C16H22N2S2/c1-18-8-2-5-13(12-18)11-17-16(14-6-3-9-19-14)15-7-4-10-20-15/h3-4,6-7,9-10,13,16-17H,2,5,8,11-12H2,1H3. The maximum Gasteiger partial charge on any atom is 0.0764 e. The predicted octanol–water partition coefficient (Wildman–Crippen LogP) is 3.83. The van der Waals surface area contributed by atoms with Crippen molar-refractivity contribution in [1.29, 1.82) is 0 Å². The van der Waals surface area contributed by atoms with Crippen LogP contribution < -0.4 is 5.32 Å². The van der Waals surface area contributed by atoms with Gasteiger partial charge in [-0.15, -0.1) is 22.7 Å². The highest BCUT2D eigenvalue weighted by Crippen LogP contribution is 2.29. The summed E-state index contributed by atoms with van der Waals surface area (Å²) in [5.74, 6) is 0.788. The minimum atomic E-state index is 0.377. The smallest absolute Gasteiger partial charge is 0.0764 e. The molecule has 0 amide bonds. The molecule has 3 heterocycles. The van der Waals surface area contributed by atoms with E-state index in [1.807, 2.05) is 22.7 Å². The van der Waals surface area contributed by atoms with E-state index >= 15 is 0 Å². The maximum atomic E-state index is 3.81. The first-order valence-electron chi connectivity index (χ1n) is 7.31. The van der Waals surface area contributed by atoms with E-state index in [1.54, 1.807) is 0 Å². The van der Waals surface area contributed by atoms with Gasteiger partial charge in [0.2, 0.25) is 0 Å². The van der Waals surface area contributed by atoms with Gasteiger partial charge in [0, 0.05) is 22.8 Å². The van der Waals surface area contributed by atoms with Crippen molar-refractivity contribution in [1.82, 2.24) is 10.2 Å². The van der Waals surface area contributed by atoms with Crippen LogP contribution in [0.4, 0.5) is 0 Å². The quantitative estimate of drug-likeness (QED) is 0.903. The van der Waals surface area contributed by atoms with Crippen molar-refractivity contribution in [3.8, 4) is 0 Å². The van der Waals surface area contributed by atoms with Gasteiger partial charge in [-0.1, -0.05) is 12.1 Å². The van der Waals surface area contributed by atoms with Gasteiger partial charge in [0.1, 0.15) is 0 Å². The summed E-state index contributed by atoms with van der Waals surface area (Å²) >= 11 is 3.70. The predicted molar refractivity (Wildman–Crippen MR) is 88.7 cm³/mol. The van der Waals surface area contributed by atoms with E-state index in [0.29, 0.717) is 6.04 Å². The molecule has 2 nitrogen and oxygen atoms in total. The first-order valence-corrected chi connectivity index (χ1v) is 9.07. The number of rotatable bonds is 5. The second-order valence-corrected chi connectivity index (χ2v) is 7.60. The van der Waals surface area contributed by atoms with Crippen molar-refractivity contribution in [2.45, 2.75) is 18.9 Å². The molecule has 2 aromatic rings. The van der Waals surface area contributed by atoms with Crippen LogP contribution in [-0.2, 0) is 0 Å². The molecule has 4 heteroatoms. The van der Waals surface area contributed by atoms with E-state index in [1.165, 1.54) is 35.7 Å². The summed E-state index contributed by atoms with van der Waals surface area (Å²) < 4.78 is 0. The van der Waals surface area contributed by atoms with Crippen molar-refractivity contribution in [2.75, 3.05) is 26.7 Å². The van der Waals surface area contributed by atoms with E-state index in [-0.39, 0.29) is 0 Å². The summed E-state index contributed by atoms with van der Waals surface area (Å²) in [4.78, 5) is 5.31. The molecule has 0 bridgehead atoms. The van der Waals surface area contributed by atoms with Crippen molar-refractivity contribution < 1.29 is 0 Å². The lowest BCUT2D eigenvalue weighted by atomic mass is 9.98. The zero-order valence-corrected chi connectivity index (χ0v) is 13.6. The number of piperidine rings is 1. The summed E-state index contributed by atoms with van der Waals surface area (Å²) in [7, 11) is 2.24. The fraction of sp³-hybridized carbons (Fsp3) is 0.500. The van der Waals surface area contributed by atoms with Gasteiger partial charge in [0.15, 0.2) is 0 Å². The number of hydrogen-bond donors (Lipinski definition) is 1. The molecule has 0 aromatic carbocycles. The van der Waals surface area contributed by atoms with Gasteiger partial charge in [0.05, 0.1) is 6.04 Å². The van der Waals surface area contributed by atoms with Gasteiger partial charge in [0.25, 0.3) is 0 Å². The normalized spacial score (nSPS) is 20.6. The summed E-state index contributed by atoms with van der Waals surface area (Å²) in [6.45, 7) is 3.61. The first-order chi connectivity index (χ1) is 9.83. The Morgan fingerprint density at radius 3 is 2.50 bits per heavy atom. The molecule has 0 aliphatic carbocycles. The van der Waals surface area contributed by atoms with Gasteiger partial charge < -0.3 is 10.2 Å². The second kappa shape index (κ2) is 6.85. The largest absolute Gasteiger partial charge is 0.306 e. The van der Waals surface area contributed by atoms with Crippen LogP contribution in [0.15, 0.2) is 35.0 Å². The Morgan fingerprint density at radius 2 is 1.95 bits per heavy atom. The minimum absolute atomic E-state index is 0.377. The molecular weight excluding hydrogens is 284 g/mol. The van der Waals surface area contributed by atoms with Crippen LogP contribution in [0.5, 0.6) is 0 Å². The topological polar surface area (TPSA) is 15.3 Å². The molecule has 0 spiro atoms. The molecule has 108 valence electrons. The summed E-state index contributed by atoms with van der Waals surface area (Å²) in [6.07, 6.45) is 2.70. The van der Waals surface area contributed by atoms with Gasteiger partial charge >= 0.3 is 0 Å². The van der Waals surface area contributed by atoms with E-state index < -0.39 is 0 Å². The molecule has 2 aromatic heterocycles. The van der Waals surface area contributed by atoms with Gasteiger partial charge in [-0.25, -0.2) is 0 Å². The molecule has 0 radical (unpaired) electrons. The zero-order chi connectivity index (χ0) is 13.8. The van der Waals surface area contributed by atoms with Crippen LogP contribution in [0, 0.1) is 5.92 Å². The van der Waals surface area contributed by atoms with E-state index in [2.05, 4.69) is 52.3 Å². The summed E-state index contributed by atoms with van der Waals surface area (Å²) in [5, 5.41) is 8.15. The molecule has 1 saturated heterocycles. The number of thiophene rings is 2. The highest BCUT2D eigenvalue weighted by atomic mass is 32.1. The fourth-order valence-corrected chi connectivity index (χ4v) is 4.69. The third-order valence-electron chi connectivity index (χ3n) is 3.99. The lowest BCUT2D eigenvalue weighted by molar-refractivity contribution is 0.204. The molecule has 0 saturated carbocycles. The van der Waals surface area contributed by atoms with Gasteiger partial charge in [-0.3, -0.25) is 0 Å².